The van der Waals surface area contributed by atoms with Gasteiger partial charge in [0.15, 0.2) is 0 Å². The largest absolute Gasteiger partial charge is 0.370 e. The lowest BCUT2D eigenvalue weighted by Gasteiger charge is -2.19. The van der Waals surface area contributed by atoms with Gasteiger partial charge in [-0.15, -0.1) is 0 Å². The molecule has 4 nitrogen and oxygen atoms in total. The Morgan fingerprint density at radius 1 is 1.45 bits per heavy atom. The number of nitrogens with zero attached hydrogens (tertiary/aromatic N) is 3. The van der Waals surface area contributed by atoms with E-state index < -0.39 is 0 Å². The molecule has 2 unspecified atom stereocenters. The number of hydrogen-bond acceptors (Lipinski definition) is 3. The van der Waals surface area contributed by atoms with Crippen LogP contribution in [0.3, 0.4) is 0 Å². The fraction of sp³-hybridized carbons (Fsp3) is 0.500. The summed E-state index contributed by atoms with van der Waals surface area (Å²) in [6.07, 6.45) is 1.14. The number of benzene rings is 1. The van der Waals surface area contributed by atoms with Gasteiger partial charge in [0.1, 0.15) is 11.9 Å². The zero-order valence-electron chi connectivity index (χ0n) is 12.1. The lowest BCUT2D eigenvalue weighted by atomic mass is 10.0. The van der Waals surface area contributed by atoms with Crippen molar-refractivity contribution >= 4 is 11.0 Å². The highest BCUT2D eigenvalue weighted by molar-refractivity contribution is 5.78. The third kappa shape index (κ3) is 1.99. The highest BCUT2D eigenvalue weighted by Crippen LogP contribution is 2.36. The second-order valence-corrected chi connectivity index (χ2v) is 5.81. The predicted octanol–water partition coefficient (Wildman–Crippen LogP) is 3.59. The highest BCUT2D eigenvalue weighted by Gasteiger charge is 2.31. The van der Waals surface area contributed by atoms with Crippen LogP contribution in [0.4, 0.5) is 0 Å². The number of nitriles is 1. The number of rotatable bonds is 2. The average molecular weight is 269 g/mol. The van der Waals surface area contributed by atoms with Crippen molar-refractivity contribution in [1.29, 1.82) is 5.26 Å². The van der Waals surface area contributed by atoms with E-state index >= 15 is 0 Å². The first-order chi connectivity index (χ1) is 9.61. The van der Waals surface area contributed by atoms with Crippen LogP contribution in [0.25, 0.3) is 11.0 Å². The van der Waals surface area contributed by atoms with Crippen LogP contribution in [0.1, 0.15) is 50.7 Å². The summed E-state index contributed by atoms with van der Waals surface area (Å²) in [5.41, 5.74) is 2.62. The van der Waals surface area contributed by atoms with Crippen LogP contribution < -0.4 is 0 Å². The SMILES string of the molecule is CC1CCOC1c1nc2cc(C#N)ccc2n1C(C)C. The van der Waals surface area contributed by atoms with Crippen molar-refractivity contribution in [2.75, 3.05) is 6.61 Å². The van der Waals surface area contributed by atoms with Crippen molar-refractivity contribution in [3.63, 3.8) is 0 Å². The molecule has 0 bridgehead atoms. The molecule has 0 amide bonds. The van der Waals surface area contributed by atoms with Crippen LogP contribution in [0.2, 0.25) is 0 Å². The second kappa shape index (κ2) is 4.92. The fourth-order valence-corrected chi connectivity index (χ4v) is 2.96. The molecule has 0 radical (unpaired) electrons. The molecule has 1 fully saturated rings. The van der Waals surface area contributed by atoms with Crippen LogP contribution >= 0.6 is 0 Å². The van der Waals surface area contributed by atoms with Gasteiger partial charge in [0.25, 0.3) is 0 Å². The van der Waals surface area contributed by atoms with Crippen molar-refractivity contribution in [3.05, 3.63) is 29.6 Å². The summed E-state index contributed by atoms with van der Waals surface area (Å²) >= 11 is 0. The molecule has 1 aliphatic heterocycles. The molecule has 1 aromatic carbocycles. The number of fused-ring (bicyclic) bond motifs is 1. The maximum Gasteiger partial charge on any atom is 0.139 e. The molecule has 104 valence electrons. The molecule has 0 spiro atoms. The first-order valence-corrected chi connectivity index (χ1v) is 7.15. The first kappa shape index (κ1) is 13.1. The topological polar surface area (TPSA) is 50.8 Å². The zero-order valence-corrected chi connectivity index (χ0v) is 12.1. The van der Waals surface area contributed by atoms with Crippen LogP contribution in [0, 0.1) is 17.2 Å². The molecule has 2 aromatic rings. The predicted molar refractivity (Wildman–Crippen MR) is 77.3 cm³/mol. The van der Waals surface area contributed by atoms with Gasteiger partial charge < -0.3 is 9.30 Å². The summed E-state index contributed by atoms with van der Waals surface area (Å²) in [7, 11) is 0. The Kier molecular flexibility index (Phi) is 3.23. The Hall–Kier alpha value is -1.86. The summed E-state index contributed by atoms with van der Waals surface area (Å²) in [6.45, 7) is 7.32. The van der Waals surface area contributed by atoms with Gasteiger partial charge in [-0.05, 0) is 44.4 Å². The monoisotopic (exact) mass is 269 g/mol. The lowest BCUT2D eigenvalue weighted by Crippen LogP contribution is -2.14. The molecule has 1 saturated heterocycles. The van der Waals surface area contributed by atoms with Gasteiger partial charge in [0, 0.05) is 12.6 Å². The van der Waals surface area contributed by atoms with E-state index in [1.165, 1.54) is 0 Å². The van der Waals surface area contributed by atoms with Gasteiger partial charge in [-0.25, -0.2) is 4.98 Å². The quantitative estimate of drug-likeness (QED) is 0.837. The van der Waals surface area contributed by atoms with Crippen LogP contribution in [-0.4, -0.2) is 16.2 Å². The third-order valence-corrected chi connectivity index (χ3v) is 4.00. The van der Waals surface area contributed by atoms with Crippen LogP contribution in [0.5, 0.6) is 0 Å². The minimum absolute atomic E-state index is 0.0651. The van der Waals surface area contributed by atoms with Crippen molar-refractivity contribution in [3.8, 4) is 6.07 Å². The molecular formula is C16H19N3O. The molecule has 0 aliphatic carbocycles. The van der Waals surface area contributed by atoms with Crippen molar-refractivity contribution in [2.24, 2.45) is 5.92 Å². The van der Waals surface area contributed by atoms with E-state index in [0.29, 0.717) is 17.5 Å². The molecule has 0 N–H and O–H groups in total. The molecule has 3 rings (SSSR count). The normalized spacial score (nSPS) is 22.6. The van der Waals surface area contributed by atoms with Crippen molar-refractivity contribution in [2.45, 2.75) is 39.3 Å². The number of imidazole rings is 1. The molecule has 20 heavy (non-hydrogen) atoms. The van der Waals surface area contributed by atoms with Gasteiger partial charge in [-0.2, -0.15) is 5.26 Å². The Morgan fingerprint density at radius 2 is 2.25 bits per heavy atom. The average Bonchev–Trinajstić information content (AvgIpc) is 3.00. The Labute approximate surface area is 119 Å². The van der Waals surface area contributed by atoms with E-state index in [2.05, 4.69) is 31.4 Å². The second-order valence-electron chi connectivity index (χ2n) is 5.81. The Morgan fingerprint density at radius 3 is 2.85 bits per heavy atom. The standard InChI is InChI=1S/C16H19N3O/c1-10(2)19-14-5-4-12(9-17)8-13(14)18-16(19)15-11(3)6-7-20-15/h4-5,8,10-11,15H,6-7H2,1-3H3. The number of ether oxygens (including phenoxy) is 1. The third-order valence-electron chi connectivity index (χ3n) is 4.00. The molecule has 0 saturated carbocycles. The first-order valence-electron chi connectivity index (χ1n) is 7.15. The van der Waals surface area contributed by atoms with E-state index in [1.807, 2.05) is 18.2 Å². The van der Waals surface area contributed by atoms with Crippen LogP contribution in [-0.2, 0) is 4.74 Å². The lowest BCUT2D eigenvalue weighted by molar-refractivity contribution is 0.0838. The van der Waals surface area contributed by atoms with E-state index in [9.17, 15) is 0 Å². The summed E-state index contributed by atoms with van der Waals surface area (Å²) in [5.74, 6) is 1.48. The molecule has 2 atom stereocenters. The summed E-state index contributed by atoms with van der Waals surface area (Å²) < 4.78 is 8.12. The number of aromatic nitrogens is 2. The van der Waals surface area contributed by atoms with E-state index in [1.54, 1.807) is 0 Å². The van der Waals surface area contributed by atoms with E-state index in [0.717, 1.165) is 29.9 Å². The zero-order chi connectivity index (χ0) is 14.3. The molecule has 4 heteroatoms. The molecule has 2 heterocycles. The minimum Gasteiger partial charge on any atom is -0.370 e. The summed E-state index contributed by atoms with van der Waals surface area (Å²) in [4.78, 5) is 4.76. The maximum atomic E-state index is 9.03. The van der Waals surface area contributed by atoms with Gasteiger partial charge in [0.2, 0.25) is 0 Å². The van der Waals surface area contributed by atoms with Gasteiger partial charge in [-0.3, -0.25) is 0 Å². The molecule has 1 aliphatic rings. The molecular weight excluding hydrogens is 250 g/mol. The smallest absolute Gasteiger partial charge is 0.139 e. The van der Waals surface area contributed by atoms with E-state index in [-0.39, 0.29) is 6.10 Å². The summed E-state index contributed by atoms with van der Waals surface area (Å²) in [6, 6.07) is 8.20. The van der Waals surface area contributed by atoms with Gasteiger partial charge in [-0.1, -0.05) is 6.92 Å². The van der Waals surface area contributed by atoms with Crippen molar-refractivity contribution in [1.82, 2.24) is 9.55 Å². The van der Waals surface area contributed by atoms with E-state index in [4.69, 9.17) is 15.0 Å². The van der Waals surface area contributed by atoms with Gasteiger partial charge in [0.05, 0.1) is 22.7 Å². The highest BCUT2D eigenvalue weighted by atomic mass is 16.5. The molecule has 1 aromatic heterocycles. The summed E-state index contributed by atoms with van der Waals surface area (Å²) in [5, 5.41) is 9.03. The fourth-order valence-electron chi connectivity index (χ4n) is 2.96. The maximum absolute atomic E-state index is 9.03. The van der Waals surface area contributed by atoms with Crippen molar-refractivity contribution < 1.29 is 4.74 Å². The van der Waals surface area contributed by atoms with Crippen LogP contribution in [0.15, 0.2) is 18.2 Å². The Bertz CT molecular complexity index is 681. The van der Waals surface area contributed by atoms with Gasteiger partial charge >= 0.3 is 0 Å². The number of hydrogen-bond donors (Lipinski definition) is 0. The Balaban J connectivity index is 2.20. The minimum atomic E-state index is 0.0651.